The molecule has 5 nitrogen and oxygen atoms in total. The molecule has 1 aliphatic heterocycles. The second kappa shape index (κ2) is 8.97. The van der Waals surface area contributed by atoms with E-state index in [2.05, 4.69) is 24.1 Å². The van der Waals surface area contributed by atoms with Crippen LogP contribution in [0.25, 0.3) is 0 Å². The number of pyridine rings is 1. The van der Waals surface area contributed by atoms with Gasteiger partial charge in [-0.25, -0.2) is 0 Å². The molecule has 21 heavy (non-hydrogen) atoms. The van der Waals surface area contributed by atoms with Gasteiger partial charge in [-0.15, -0.1) is 0 Å². The zero-order valence-electron chi connectivity index (χ0n) is 13.0. The van der Waals surface area contributed by atoms with Crippen LogP contribution in [0.3, 0.4) is 0 Å². The minimum atomic E-state index is 0.0218. The molecule has 118 valence electrons. The lowest BCUT2D eigenvalue weighted by Gasteiger charge is -2.31. The van der Waals surface area contributed by atoms with Crippen molar-refractivity contribution in [3.8, 4) is 5.75 Å². The van der Waals surface area contributed by atoms with E-state index in [0.29, 0.717) is 26.4 Å². The van der Waals surface area contributed by atoms with Crippen molar-refractivity contribution in [2.75, 3.05) is 33.0 Å². The molecule has 2 unspecified atom stereocenters. The molecular formula is C16H26N2O3. The van der Waals surface area contributed by atoms with Crippen molar-refractivity contribution < 1.29 is 14.2 Å². The lowest BCUT2D eigenvalue weighted by atomic mass is 10.0. The SMILES string of the molecule is CCCNC(c1cncc(OCCC)c1)C1COCCO1. The Morgan fingerprint density at radius 2 is 2.24 bits per heavy atom. The topological polar surface area (TPSA) is 52.6 Å². The molecular weight excluding hydrogens is 268 g/mol. The maximum atomic E-state index is 5.86. The molecule has 2 atom stereocenters. The predicted molar refractivity (Wildman–Crippen MR) is 81.6 cm³/mol. The number of nitrogens with one attached hydrogen (secondary N) is 1. The Balaban J connectivity index is 2.10. The molecule has 1 fully saturated rings. The first-order valence-corrected chi connectivity index (χ1v) is 7.85. The fourth-order valence-corrected chi connectivity index (χ4v) is 2.37. The molecule has 5 heteroatoms. The Bertz CT molecular complexity index is 408. The predicted octanol–water partition coefficient (Wildman–Crippen LogP) is 2.33. The molecule has 1 aromatic rings. The molecule has 1 saturated heterocycles. The summed E-state index contributed by atoms with van der Waals surface area (Å²) in [4.78, 5) is 4.30. The maximum Gasteiger partial charge on any atom is 0.137 e. The average molecular weight is 294 g/mol. The van der Waals surface area contributed by atoms with Crippen molar-refractivity contribution in [2.45, 2.75) is 38.8 Å². The normalized spacial score (nSPS) is 20.2. The van der Waals surface area contributed by atoms with E-state index >= 15 is 0 Å². The number of hydrogen-bond acceptors (Lipinski definition) is 5. The van der Waals surface area contributed by atoms with Gasteiger partial charge in [0.1, 0.15) is 11.9 Å². The molecule has 0 aliphatic carbocycles. The number of ether oxygens (including phenoxy) is 3. The number of rotatable bonds is 8. The second-order valence-electron chi connectivity index (χ2n) is 5.22. The van der Waals surface area contributed by atoms with Gasteiger partial charge in [0.15, 0.2) is 0 Å². The Morgan fingerprint density at radius 1 is 1.33 bits per heavy atom. The van der Waals surface area contributed by atoms with Gasteiger partial charge in [0.05, 0.1) is 38.7 Å². The van der Waals surface area contributed by atoms with Crippen molar-refractivity contribution in [3.05, 3.63) is 24.0 Å². The Kier molecular flexibility index (Phi) is 6.92. The largest absolute Gasteiger partial charge is 0.492 e. The molecule has 1 N–H and O–H groups in total. The summed E-state index contributed by atoms with van der Waals surface area (Å²) in [5, 5.41) is 3.54. The highest BCUT2D eigenvalue weighted by Gasteiger charge is 2.26. The van der Waals surface area contributed by atoms with Gasteiger partial charge in [-0.2, -0.15) is 0 Å². The van der Waals surface area contributed by atoms with Crippen LogP contribution < -0.4 is 10.1 Å². The minimum absolute atomic E-state index is 0.0218. The number of aromatic nitrogens is 1. The molecule has 0 amide bonds. The molecule has 0 radical (unpaired) electrons. The second-order valence-corrected chi connectivity index (χ2v) is 5.22. The third-order valence-corrected chi connectivity index (χ3v) is 3.39. The molecule has 1 aliphatic rings. The highest BCUT2D eigenvalue weighted by Crippen LogP contribution is 2.24. The zero-order chi connectivity index (χ0) is 14.9. The lowest BCUT2D eigenvalue weighted by Crippen LogP contribution is -2.40. The van der Waals surface area contributed by atoms with E-state index in [1.807, 2.05) is 12.3 Å². The van der Waals surface area contributed by atoms with Crippen molar-refractivity contribution in [3.63, 3.8) is 0 Å². The van der Waals surface area contributed by atoms with Gasteiger partial charge in [0.25, 0.3) is 0 Å². The van der Waals surface area contributed by atoms with Gasteiger partial charge in [-0.3, -0.25) is 4.98 Å². The van der Waals surface area contributed by atoms with E-state index < -0.39 is 0 Å². The minimum Gasteiger partial charge on any atom is -0.492 e. The summed E-state index contributed by atoms with van der Waals surface area (Å²) in [5.41, 5.74) is 1.09. The van der Waals surface area contributed by atoms with Gasteiger partial charge in [0.2, 0.25) is 0 Å². The average Bonchev–Trinajstić information content (AvgIpc) is 2.55. The van der Waals surface area contributed by atoms with Crippen molar-refractivity contribution in [2.24, 2.45) is 0 Å². The van der Waals surface area contributed by atoms with Crippen LogP contribution in [0.1, 0.15) is 38.3 Å². The third-order valence-electron chi connectivity index (χ3n) is 3.39. The molecule has 0 spiro atoms. The van der Waals surface area contributed by atoms with Gasteiger partial charge < -0.3 is 19.5 Å². The van der Waals surface area contributed by atoms with Crippen LogP contribution in [0.4, 0.5) is 0 Å². The van der Waals surface area contributed by atoms with Crippen LogP contribution in [0.5, 0.6) is 5.75 Å². The monoisotopic (exact) mass is 294 g/mol. The molecule has 2 rings (SSSR count). The summed E-state index contributed by atoms with van der Waals surface area (Å²) in [6.45, 7) is 7.83. The molecule has 1 aromatic heterocycles. The van der Waals surface area contributed by atoms with Crippen LogP contribution in [-0.2, 0) is 9.47 Å². The molecule has 0 bridgehead atoms. The zero-order valence-corrected chi connectivity index (χ0v) is 13.0. The van der Waals surface area contributed by atoms with Crippen molar-refractivity contribution >= 4 is 0 Å². The summed E-state index contributed by atoms with van der Waals surface area (Å²) in [6.07, 6.45) is 5.72. The van der Waals surface area contributed by atoms with E-state index in [9.17, 15) is 0 Å². The summed E-state index contributed by atoms with van der Waals surface area (Å²) in [6, 6.07) is 2.14. The molecule has 0 aromatic carbocycles. The fraction of sp³-hybridized carbons (Fsp3) is 0.688. The van der Waals surface area contributed by atoms with Gasteiger partial charge in [-0.05, 0) is 31.0 Å². The standard InChI is InChI=1S/C16H26N2O3/c1-3-5-18-16(15-12-19-7-8-21-15)13-9-14(11-17-10-13)20-6-4-2/h9-11,15-16,18H,3-8,12H2,1-2H3. The highest BCUT2D eigenvalue weighted by atomic mass is 16.6. The first-order chi connectivity index (χ1) is 10.3. The Hall–Kier alpha value is -1.17. The van der Waals surface area contributed by atoms with E-state index in [4.69, 9.17) is 14.2 Å². The number of nitrogens with zero attached hydrogens (tertiary/aromatic N) is 1. The van der Waals surface area contributed by atoms with Gasteiger partial charge in [0, 0.05) is 6.20 Å². The highest BCUT2D eigenvalue weighted by molar-refractivity contribution is 5.27. The van der Waals surface area contributed by atoms with Crippen LogP contribution in [0, 0.1) is 0 Å². The maximum absolute atomic E-state index is 5.86. The van der Waals surface area contributed by atoms with Gasteiger partial charge >= 0.3 is 0 Å². The lowest BCUT2D eigenvalue weighted by molar-refractivity contribution is -0.102. The van der Waals surface area contributed by atoms with E-state index in [1.165, 1.54) is 0 Å². The molecule has 0 saturated carbocycles. The summed E-state index contributed by atoms with van der Waals surface area (Å²) < 4.78 is 17.1. The summed E-state index contributed by atoms with van der Waals surface area (Å²) >= 11 is 0. The smallest absolute Gasteiger partial charge is 0.137 e. The Morgan fingerprint density at radius 3 is 2.95 bits per heavy atom. The van der Waals surface area contributed by atoms with Crippen LogP contribution in [0.15, 0.2) is 18.5 Å². The van der Waals surface area contributed by atoms with Gasteiger partial charge in [-0.1, -0.05) is 13.8 Å². The quantitative estimate of drug-likeness (QED) is 0.797. The summed E-state index contributed by atoms with van der Waals surface area (Å²) in [5.74, 6) is 0.814. The first-order valence-electron chi connectivity index (χ1n) is 7.85. The molecule has 2 heterocycles. The van der Waals surface area contributed by atoms with Crippen LogP contribution in [0.2, 0.25) is 0 Å². The third kappa shape index (κ3) is 4.95. The van der Waals surface area contributed by atoms with Crippen LogP contribution >= 0.6 is 0 Å². The Labute approximate surface area is 127 Å². The van der Waals surface area contributed by atoms with E-state index in [-0.39, 0.29) is 12.1 Å². The summed E-state index contributed by atoms with van der Waals surface area (Å²) in [7, 11) is 0. The first kappa shape index (κ1) is 16.2. The number of hydrogen-bond donors (Lipinski definition) is 1. The van der Waals surface area contributed by atoms with E-state index in [1.54, 1.807) is 6.20 Å². The van der Waals surface area contributed by atoms with Crippen molar-refractivity contribution in [1.29, 1.82) is 0 Å². The fourth-order valence-electron chi connectivity index (χ4n) is 2.37. The van der Waals surface area contributed by atoms with Crippen LogP contribution in [-0.4, -0.2) is 44.1 Å². The van der Waals surface area contributed by atoms with Crippen molar-refractivity contribution in [1.82, 2.24) is 10.3 Å². The van der Waals surface area contributed by atoms with E-state index in [0.717, 1.165) is 30.7 Å².